The number of phenols is 1. The summed E-state index contributed by atoms with van der Waals surface area (Å²) in [4.78, 5) is 16.8. The van der Waals surface area contributed by atoms with Crippen molar-refractivity contribution in [3.05, 3.63) is 77.5 Å². The number of nitrogens with one attached hydrogen (secondary N) is 1. The third-order valence-corrected chi connectivity index (χ3v) is 4.94. The number of benzene rings is 2. The van der Waals surface area contributed by atoms with Crippen molar-refractivity contribution in [1.82, 2.24) is 4.98 Å². The van der Waals surface area contributed by atoms with Crippen LogP contribution in [0.4, 0.5) is 5.69 Å². The molecule has 0 saturated heterocycles. The van der Waals surface area contributed by atoms with Gasteiger partial charge in [-0.1, -0.05) is 57.2 Å². The number of carbonyl (C=O) groups excluding carboxylic acids is 1. The second-order valence-electron chi connectivity index (χ2n) is 8.43. The standard InChI is InChI=1S/C25H28N2O2/c1-17-14-21(16-26-24(17)19-6-5-7-22(28)15-19)27-23(29)13-10-18-8-11-20(12-9-18)25(2,3)4/h5-9,11-12,14-16,28H,10,13H2,1-4H3,(H,27,29). The number of hydrogen-bond donors (Lipinski definition) is 2. The van der Waals surface area contributed by atoms with E-state index in [1.54, 1.807) is 24.4 Å². The van der Waals surface area contributed by atoms with Gasteiger partial charge in [-0.05, 0) is 53.6 Å². The lowest BCUT2D eigenvalue weighted by molar-refractivity contribution is -0.116. The number of nitrogens with zero attached hydrogens (tertiary/aromatic N) is 1. The zero-order chi connectivity index (χ0) is 21.0. The summed E-state index contributed by atoms with van der Waals surface area (Å²) in [7, 11) is 0. The van der Waals surface area contributed by atoms with Crippen LogP contribution in [0, 0.1) is 6.92 Å². The van der Waals surface area contributed by atoms with E-state index >= 15 is 0 Å². The Bertz CT molecular complexity index is 1000. The van der Waals surface area contributed by atoms with E-state index in [0.29, 0.717) is 18.5 Å². The van der Waals surface area contributed by atoms with Crippen LogP contribution in [-0.4, -0.2) is 16.0 Å². The number of rotatable bonds is 5. The first kappa shape index (κ1) is 20.6. The maximum absolute atomic E-state index is 12.4. The van der Waals surface area contributed by atoms with E-state index in [9.17, 15) is 9.90 Å². The highest BCUT2D eigenvalue weighted by Crippen LogP contribution is 2.26. The van der Waals surface area contributed by atoms with Crippen LogP contribution in [0.15, 0.2) is 60.8 Å². The van der Waals surface area contributed by atoms with Gasteiger partial charge in [0.2, 0.25) is 5.91 Å². The highest BCUT2D eigenvalue weighted by atomic mass is 16.3. The number of phenolic OH excluding ortho intramolecular Hbond substituents is 1. The van der Waals surface area contributed by atoms with Gasteiger partial charge in [0.15, 0.2) is 0 Å². The SMILES string of the molecule is Cc1cc(NC(=O)CCc2ccc(C(C)(C)C)cc2)cnc1-c1cccc(O)c1. The lowest BCUT2D eigenvalue weighted by atomic mass is 9.86. The zero-order valence-electron chi connectivity index (χ0n) is 17.5. The Kier molecular flexibility index (Phi) is 6.02. The number of anilines is 1. The number of aromatic hydroxyl groups is 1. The van der Waals surface area contributed by atoms with Crippen molar-refractivity contribution in [2.24, 2.45) is 0 Å². The Labute approximate surface area is 172 Å². The highest BCUT2D eigenvalue weighted by Gasteiger charge is 2.13. The van der Waals surface area contributed by atoms with Crippen LogP contribution in [-0.2, 0) is 16.6 Å². The van der Waals surface area contributed by atoms with Gasteiger partial charge in [0.05, 0.1) is 17.6 Å². The van der Waals surface area contributed by atoms with E-state index in [1.807, 2.05) is 19.1 Å². The Morgan fingerprint density at radius 2 is 1.79 bits per heavy atom. The molecule has 1 aromatic heterocycles. The molecule has 0 bridgehead atoms. The molecule has 150 valence electrons. The maximum atomic E-state index is 12.4. The lowest BCUT2D eigenvalue weighted by Gasteiger charge is -2.19. The van der Waals surface area contributed by atoms with Crippen molar-refractivity contribution < 1.29 is 9.90 Å². The minimum Gasteiger partial charge on any atom is -0.508 e. The third kappa shape index (κ3) is 5.44. The first-order chi connectivity index (χ1) is 13.7. The molecular formula is C25H28N2O2. The molecule has 0 aliphatic heterocycles. The summed E-state index contributed by atoms with van der Waals surface area (Å²) in [6.07, 6.45) is 2.77. The minimum absolute atomic E-state index is 0.0313. The van der Waals surface area contributed by atoms with E-state index in [-0.39, 0.29) is 17.1 Å². The quantitative estimate of drug-likeness (QED) is 0.595. The molecule has 0 saturated carbocycles. The monoisotopic (exact) mass is 388 g/mol. The van der Waals surface area contributed by atoms with Crippen LogP contribution in [0.25, 0.3) is 11.3 Å². The molecule has 0 atom stereocenters. The molecule has 2 aromatic carbocycles. The number of amides is 1. The summed E-state index contributed by atoms with van der Waals surface area (Å²) in [5.74, 6) is 0.174. The number of hydrogen-bond acceptors (Lipinski definition) is 3. The topological polar surface area (TPSA) is 62.2 Å². The van der Waals surface area contributed by atoms with Crippen LogP contribution in [0.3, 0.4) is 0 Å². The molecule has 0 aliphatic carbocycles. The van der Waals surface area contributed by atoms with Gasteiger partial charge in [-0.15, -0.1) is 0 Å². The van der Waals surface area contributed by atoms with Crippen molar-refractivity contribution in [1.29, 1.82) is 0 Å². The van der Waals surface area contributed by atoms with Gasteiger partial charge in [0.1, 0.15) is 5.75 Å². The van der Waals surface area contributed by atoms with E-state index in [0.717, 1.165) is 22.4 Å². The average Bonchev–Trinajstić information content (AvgIpc) is 2.66. The Hall–Kier alpha value is -3.14. The molecule has 3 aromatic rings. The van der Waals surface area contributed by atoms with Crippen LogP contribution in [0.5, 0.6) is 5.75 Å². The van der Waals surface area contributed by atoms with Gasteiger partial charge < -0.3 is 10.4 Å². The number of aryl methyl sites for hydroxylation is 2. The molecule has 3 rings (SSSR count). The van der Waals surface area contributed by atoms with Crippen molar-refractivity contribution in [2.45, 2.75) is 46.0 Å². The number of aromatic nitrogens is 1. The molecule has 0 unspecified atom stereocenters. The summed E-state index contributed by atoms with van der Waals surface area (Å²) in [6, 6.07) is 17.4. The summed E-state index contributed by atoms with van der Waals surface area (Å²) in [5, 5.41) is 12.6. The summed E-state index contributed by atoms with van der Waals surface area (Å²) >= 11 is 0. The molecule has 1 amide bonds. The average molecular weight is 389 g/mol. The predicted molar refractivity (Wildman–Crippen MR) is 118 cm³/mol. The predicted octanol–water partition coefficient (Wildman–Crippen LogP) is 5.63. The highest BCUT2D eigenvalue weighted by molar-refractivity contribution is 5.91. The third-order valence-electron chi connectivity index (χ3n) is 4.94. The molecule has 4 nitrogen and oxygen atoms in total. The fourth-order valence-corrected chi connectivity index (χ4v) is 3.25. The first-order valence-electron chi connectivity index (χ1n) is 9.88. The molecule has 0 radical (unpaired) electrons. The fourth-order valence-electron chi connectivity index (χ4n) is 3.25. The van der Waals surface area contributed by atoms with Crippen molar-refractivity contribution in [3.63, 3.8) is 0 Å². The van der Waals surface area contributed by atoms with Gasteiger partial charge in [0, 0.05) is 12.0 Å². The van der Waals surface area contributed by atoms with Crippen molar-refractivity contribution in [3.8, 4) is 17.0 Å². The fraction of sp³-hybridized carbons (Fsp3) is 0.280. The molecular weight excluding hydrogens is 360 g/mol. The molecule has 0 spiro atoms. The first-order valence-corrected chi connectivity index (χ1v) is 9.88. The summed E-state index contributed by atoms with van der Waals surface area (Å²) < 4.78 is 0. The summed E-state index contributed by atoms with van der Waals surface area (Å²) in [6.45, 7) is 8.52. The molecule has 4 heteroatoms. The van der Waals surface area contributed by atoms with Gasteiger partial charge >= 0.3 is 0 Å². The van der Waals surface area contributed by atoms with Crippen molar-refractivity contribution in [2.75, 3.05) is 5.32 Å². The Morgan fingerprint density at radius 1 is 1.07 bits per heavy atom. The smallest absolute Gasteiger partial charge is 0.224 e. The summed E-state index contributed by atoms with van der Waals surface area (Å²) in [5.41, 5.74) is 5.83. The Morgan fingerprint density at radius 3 is 2.41 bits per heavy atom. The molecule has 0 aliphatic rings. The molecule has 1 heterocycles. The Balaban J connectivity index is 1.60. The van der Waals surface area contributed by atoms with Crippen molar-refractivity contribution >= 4 is 11.6 Å². The van der Waals surface area contributed by atoms with Crippen LogP contribution in [0.1, 0.15) is 43.9 Å². The lowest BCUT2D eigenvalue weighted by Crippen LogP contribution is -2.13. The van der Waals surface area contributed by atoms with Gasteiger partial charge in [-0.3, -0.25) is 9.78 Å². The van der Waals surface area contributed by atoms with Crippen LogP contribution < -0.4 is 5.32 Å². The normalized spacial score (nSPS) is 11.3. The van der Waals surface area contributed by atoms with Gasteiger partial charge in [-0.2, -0.15) is 0 Å². The second-order valence-corrected chi connectivity index (χ2v) is 8.43. The number of carbonyl (C=O) groups is 1. The van der Waals surface area contributed by atoms with E-state index in [2.05, 4.69) is 55.3 Å². The van der Waals surface area contributed by atoms with E-state index in [1.165, 1.54) is 5.56 Å². The van der Waals surface area contributed by atoms with E-state index < -0.39 is 0 Å². The van der Waals surface area contributed by atoms with Gasteiger partial charge in [-0.25, -0.2) is 0 Å². The number of pyridine rings is 1. The molecule has 2 N–H and O–H groups in total. The van der Waals surface area contributed by atoms with Crippen LogP contribution >= 0.6 is 0 Å². The molecule has 29 heavy (non-hydrogen) atoms. The van der Waals surface area contributed by atoms with Gasteiger partial charge in [0.25, 0.3) is 0 Å². The van der Waals surface area contributed by atoms with E-state index in [4.69, 9.17) is 0 Å². The largest absolute Gasteiger partial charge is 0.508 e. The minimum atomic E-state index is -0.0313. The molecule has 0 fully saturated rings. The second kappa shape index (κ2) is 8.48. The zero-order valence-corrected chi connectivity index (χ0v) is 17.5. The maximum Gasteiger partial charge on any atom is 0.224 e. The van der Waals surface area contributed by atoms with Crippen LogP contribution in [0.2, 0.25) is 0 Å².